The number of rotatable bonds is 8. The fourth-order valence-corrected chi connectivity index (χ4v) is 3.01. The zero-order chi connectivity index (χ0) is 20.7. The average Bonchev–Trinajstić information content (AvgIpc) is 2.64. The highest BCUT2D eigenvalue weighted by Crippen LogP contribution is 2.22. The Bertz CT molecular complexity index is 645. The Balaban J connectivity index is 1.92. The Morgan fingerprint density at radius 2 is 1.96 bits per heavy atom. The molecule has 1 fully saturated rings. The Kier molecular flexibility index (Phi) is 8.30. The highest BCUT2D eigenvalue weighted by molar-refractivity contribution is 5.77. The molecule has 1 saturated heterocycles. The molecule has 156 valence electrons. The molecule has 28 heavy (non-hydrogen) atoms. The topological polar surface area (TPSA) is 163 Å². The molecular formula is C18H27N3O7. The number of carbonyl (C=O) groups is 2. The van der Waals surface area contributed by atoms with Gasteiger partial charge >= 0.3 is 0 Å². The van der Waals surface area contributed by atoms with Crippen LogP contribution in [0, 0.1) is 0 Å². The van der Waals surface area contributed by atoms with Crippen molar-refractivity contribution < 1.29 is 34.4 Å². The zero-order valence-electron chi connectivity index (χ0n) is 15.5. The van der Waals surface area contributed by atoms with Gasteiger partial charge in [0.1, 0.15) is 31.0 Å². The summed E-state index contributed by atoms with van der Waals surface area (Å²) in [5.41, 5.74) is 6.87. The van der Waals surface area contributed by atoms with Crippen LogP contribution in [0.15, 0.2) is 30.3 Å². The van der Waals surface area contributed by atoms with E-state index in [-0.39, 0.29) is 0 Å². The molecule has 1 aromatic carbocycles. The lowest BCUT2D eigenvalue weighted by molar-refractivity contribution is -0.261. The first-order chi connectivity index (χ1) is 13.3. The summed E-state index contributed by atoms with van der Waals surface area (Å²) < 4.78 is 10.5. The fourth-order valence-electron chi connectivity index (χ4n) is 3.01. The molecule has 1 heterocycles. The maximum atomic E-state index is 12.1. The predicted molar refractivity (Wildman–Crippen MR) is 97.6 cm³/mol. The highest BCUT2D eigenvalue weighted by atomic mass is 16.6. The molecule has 10 nitrogen and oxygen atoms in total. The molecule has 2 amide bonds. The van der Waals surface area contributed by atoms with Crippen LogP contribution in [0.4, 0.5) is 0 Å². The molecule has 0 aromatic heterocycles. The summed E-state index contributed by atoms with van der Waals surface area (Å²) in [4.78, 5) is 23.5. The number of hydrogen-bond donors (Lipinski definition) is 6. The molecule has 1 aromatic rings. The SMILES string of the molecule is CC(=O)N[C@H]1C(O)O[C@H](CO)[C@@H](O)[C@@H]1OCC(=O)N[C@@H](N)Cc1ccccc1. The fraction of sp³-hybridized carbons (Fsp3) is 0.556. The van der Waals surface area contributed by atoms with E-state index in [1.165, 1.54) is 6.92 Å². The standard InChI is InChI=1S/C18H27N3O7/c1-10(23)20-15-17(16(25)12(8-22)28-18(15)26)27-9-14(24)21-13(19)7-11-5-3-2-4-6-11/h2-6,12-13,15-18,22,25-26H,7-9,19H2,1H3,(H,20,23)(H,21,24)/t12-,13-,15-,16-,17-,18?/m1/s1. The van der Waals surface area contributed by atoms with E-state index >= 15 is 0 Å². The van der Waals surface area contributed by atoms with Crippen LogP contribution in [0.2, 0.25) is 0 Å². The molecule has 0 bridgehead atoms. The van der Waals surface area contributed by atoms with Crippen molar-refractivity contribution in [1.82, 2.24) is 10.6 Å². The van der Waals surface area contributed by atoms with E-state index in [0.717, 1.165) is 5.56 Å². The van der Waals surface area contributed by atoms with Crippen molar-refractivity contribution in [2.24, 2.45) is 5.73 Å². The number of aliphatic hydroxyl groups excluding tert-OH is 3. The normalized spacial score (nSPS) is 28.4. The number of nitrogens with two attached hydrogens (primary N) is 1. The van der Waals surface area contributed by atoms with Crippen molar-refractivity contribution in [1.29, 1.82) is 0 Å². The molecule has 0 saturated carbocycles. The molecule has 7 N–H and O–H groups in total. The van der Waals surface area contributed by atoms with E-state index in [2.05, 4.69) is 10.6 Å². The number of benzene rings is 1. The highest BCUT2D eigenvalue weighted by Gasteiger charge is 2.45. The van der Waals surface area contributed by atoms with E-state index in [9.17, 15) is 24.9 Å². The van der Waals surface area contributed by atoms with Crippen LogP contribution >= 0.6 is 0 Å². The van der Waals surface area contributed by atoms with Crippen LogP contribution in [0.1, 0.15) is 12.5 Å². The molecule has 1 unspecified atom stereocenters. The Labute approximate surface area is 162 Å². The van der Waals surface area contributed by atoms with E-state index in [1.807, 2.05) is 30.3 Å². The molecule has 1 aliphatic heterocycles. The Hall–Kier alpha value is -2.08. The van der Waals surface area contributed by atoms with E-state index in [4.69, 9.17) is 15.2 Å². The molecule has 0 aliphatic carbocycles. The van der Waals surface area contributed by atoms with Gasteiger partial charge in [0.25, 0.3) is 0 Å². The van der Waals surface area contributed by atoms with Gasteiger partial charge in [0.15, 0.2) is 6.29 Å². The molecular weight excluding hydrogens is 370 g/mol. The minimum Gasteiger partial charge on any atom is -0.394 e. The lowest BCUT2D eigenvalue weighted by atomic mass is 9.96. The second-order valence-corrected chi connectivity index (χ2v) is 6.60. The monoisotopic (exact) mass is 397 g/mol. The third-order valence-electron chi connectivity index (χ3n) is 4.29. The third kappa shape index (κ3) is 6.23. The summed E-state index contributed by atoms with van der Waals surface area (Å²) in [5, 5.41) is 34.6. The van der Waals surface area contributed by atoms with E-state index in [0.29, 0.717) is 6.42 Å². The molecule has 0 radical (unpaired) electrons. The number of amides is 2. The number of ether oxygens (including phenoxy) is 2. The van der Waals surface area contributed by atoms with E-state index < -0.39 is 61.8 Å². The number of aliphatic hydroxyl groups is 3. The lowest BCUT2D eigenvalue weighted by Crippen LogP contribution is -2.65. The first-order valence-electron chi connectivity index (χ1n) is 8.91. The van der Waals surface area contributed by atoms with Crippen molar-refractivity contribution >= 4 is 11.8 Å². The Morgan fingerprint density at radius 3 is 2.57 bits per heavy atom. The van der Waals surface area contributed by atoms with Gasteiger partial charge in [-0.1, -0.05) is 30.3 Å². The summed E-state index contributed by atoms with van der Waals surface area (Å²) in [6.45, 7) is 0.188. The minimum absolute atomic E-state index is 0.423. The van der Waals surface area contributed by atoms with Gasteiger partial charge in [-0.05, 0) is 5.56 Å². The van der Waals surface area contributed by atoms with Crippen molar-refractivity contribution in [3.05, 3.63) is 35.9 Å². The van der Waals surface area contributed by atoms with Crippen molar-refractivity contribution in [3.8, 4) is 0 Å². The quantitative estimate of drug-likeness (QED) is 0.264. The number of carbonyl (C=O) groups excluding carboxylic acids is 2. The summed E-state index contributed by atoms with van der Waals surface area (Å²) in [6.07, 6.45) is -5.38. The van der Waals surface area contributed by atoms with Gasteiger partial charge in [0, 0.05) is 13.3 Å². The molecule has 0 spiro atoms. The van der Waals surface area contributed by atoms with Gasteiger partial charge in [0.2, 0.25) is 11.8 Å². The van der Waals surface area contributed by atoms with E-state index in [1.54, 1.807) is 0 Å². The summed E-state index contributed by atoms with van der Waals surface area (Å²) >= 11 is 0. The molecule has 10 heteroatoms. The summed E-state index contributed by atoms with van der Waals surface area (Å²) in [5.74, 6) is -1.01. The summed E-state index contributed by atoms with van der Waals surface area (Å²) in [6, 6.07) is 8.26. The van der Waals surface area contributed by atoms with Crippen LogP contribution in [0.5, 0.6) is 0 Å². The van der Waals surface area contributed by atoms with Gasteiger partial charge in [0.05, 0.1) is 12.8 Å². The smallest absolute Gasteiger partial charge is 0.247 e. The van der Waals surface area contributed by atoms with Crippen LogP contribution in [-0.2, 0) is 25.5 Å². The maximum absolute atomic E-state index is 12.1. The molecule has 1 aliphatic rings. The van der Waals surface area contributed by atoms with Crippen LogP contribution in [0.25, 0.3) is 0 Å². The minimum atomic E-state index is -1.52. The molecule has 2 rings (SSSR count). The predicted octanol–water partition coefficient (Wildman–Crippen LogP) is -2.41. The lowest BCUT2D eigenvalue weighted by Gasteiger charge is -2.42. The summed E-state index contributed by atoms with van der Waals surface area (Å²) in [7, 11) is 0. The zero-order valence-corrected chi connectivity index (χ0v) is 15.5. The number of nitrogens with one attached hydrogen (secondary N) is 2. The third-order valence-corrected chi connectivity index (χ3v) is 4.29. The van der Waals surface area contributed by atoms with Crippen LogP contribution < -0.4 is 16.4 Å². The van der Waals surface area contributed by atoms with Gasteiger partial charge in [-0.15, -0.1) is 0 Å². The van der Waals surface area contributed by atoms with Crippen molar-refractivity contribution in [2.45, 2.75) is 50.2 Å². The average molecular weight is 397 g/mol. The van der Waals surface area contributed by atoms with Crippen LogP contribution in [0.3, 0.4) is 0 Å². The van der Waals surface area contributed by atoms with Gasteiger partial charge in [-0.25, -0.2) is 0 Å². The second-order valence-electron chi connectivity index (χ2n) is 6.60. The van der Waals surface area contributed by atoms with Crippen molar-refractivity contribution in [3.63, 3.8) is 0 Å². The molecule has 6 atom stereocenters. The largest absolute Gasteiger partial charge is 0.394 e. The second kappa shape index (κ2) is 10.5. The van der Waals surface area contributed by atoms with Crippen LogP contribution in [-0.4, -0.2) is 77.2 Å². The number of hydrogen-bond acceptors (Lipinski definition) is 8. The first kappa shape index (κ1) is 22.2. The van der Waals surface area contributed by atoms with Gasteiger partial charge in [-0.2, -0.15) is 0 Å². The maximum Gasteiger partial charge on any atom is 0.247 e. The van der Waals surface area contributed by atoms with Gasteiger partial charge in [-0.3, -0.25) is 9.59 Å². The van der Waals surface area contributed by atoms with Gasteiger partial charge < -0.3 is 41.2 Å². The van der Waals surface area contributed by atoms with Crippen molar-refractivity contribution in [2.75, 3.05) is 13.2 Å². The first-order valence-corrected chi connectivity index (χ1v) is 8.91. The Morgan fingerprint density at radius 1 is 1.29 bits per heavy atom.